The highest BCUT2D eigenvalue weighted by Crippen LogP contribution is 2.36. The molecule has 1 N–H and O–H groups in total. The van der Waals surface area contributed by atoms with Gasteiger partial charge in [-0.15, -0.1) is 0 Å². The molecule has 2 aliphatic rings. The highest BCUT2D eigenvalue weighted by molar-refractivity contribution is 5.85. The molecule has 22 heavy (non-hydrogen) atoms. The zero-order valence-electron chi connectivity index (χ0n) is 13.0. The van der Waals surface area contributed by atoms with Crippen LogP contribution in [-0.2, 0) is 20.7 Å². The molecule has 0 saturated heterocycles. The van der Waals surface area contributed by atoms with E-state index < -0.39 is 0 Å². The molecule has 1 fully saturated rings. The van der Waals surface area contributed by atoms with Crippen LogP contribution in [0.4, 0.5) is 0 Å². The van der Waals surface area contributed by atoms with Crippen LogP contribution in [0, 0.1) is 5.92 Å². The standard InChI is InChI=1S/C18H23NO3/c1-22-17(20)11-16(13-9-10-13)19-18(21)15-8-4-6-12-5-2-3-7-14(12)15/h2-3,5,7,13,15-16H,4,6,8-11H2,1H3,(H,19,21)/t15-,16-/m0/s1. The van der Waals surface area contributed by atoms with E-state index in [1.54, 1.807) is 0 Å². The third kappa shape index (κ3) is 3.32. The number of aryl methyl sites for hydroxylation is 1. The Morgan fingerprint density at radius 2 is 2.05 bits per heavy atom. The lowest BCUT2D eigenvalue weighted by Crippen LogP contribution is -2.41. The van der Waals surface area contributed by atoms with Crippen molar-refractivity contribution in [3.8, 4) is 0 Å². The maximum atomic E-state index is 12.7. The van der Waals surface area contributed by atoms with Gasteiger partial charge in [-0.3, -0.25) is 9.59 Å². The Morgan fingerprint density at radius 3 is 2.77 bits per heavy atom. The van der Waals surface area contributed by atoms with Crippen molar-refractivity contribution in [2.45, 2.75) is 50.5 Å². The molecule has 4 heteroatoms. The quantitative estimate of drug-likeness (QED) is 0.850. The zero-order valence-corrected chi connectivity index (χ0v) is 13.0. The van der Waals surface area contributed by atoms with Crippen LogP contribution < -0.4 is 5.32 Å². The minimum atomic E-state index is -0.249. The first-order chi connectivity index (χ1) is 10.7. The summed E-state index contributed by atoms with van der Waals surface area (Å²) in [6.07, 6.45) is 5.43. The molecule has 2 atom stereocenters. The summed E-state index contributed by atoms with van der Waals surface area (Å²) in [7, 11) is 1.39. The van der Waals surface area contributed by atoms with Crippen LogP contribution in [0.3, 0.4) is 0 Å². The normalized spacial score (nSPS) is 21.6. The van der Waals surface area contributed by atoms with Gasteiger partial charge < -0.3 is 10.1 Å². The lowest BCUT2D eigenvalue weighted by molar-refractivity contribution is -0.141. The molecule has 0 heterocycles. The number of esters is 1. The molecular formula is C18H23NO3. The van der Waals surface area contributed by atoms with Crippen LogP contribution in [0.25, 0.3) is 0 Å². The fraction of sp³-hybridized carbons (Fsp3) is 0.556. The highest BCUT2D eigenvalue weighted by Gasteiger charge is 2.36. The van der Waals surface area contributed by atoms with Gasteiger partial charge in [0.05, 0.1) is 19.4 Å². The largest absolute Gasteiger partial charge is 0.469 e. The smallest absolute Gasteiger partial charge is 0.307 e. The second-order valence-electron chi connectivity index (χ2n) is 6.38. The summed E-state index contributed by atoms with van der Waals surface area (Å²) < 4.78 is 4.75. The number of methoxy groups -OCH3 is 1. The number of carbonyl (C=O) groups is 2. The van der Waals surface area contributed by atoms with Crippen LogP contribution in [0.15, 0.2) is 24.3 Å². The molecule has 0 spiro atoms. The molecule has 2 aliphatic carbocycles. The second kappa shape index (κ2) is 6.51. The lowest BCUT2D eigenvalue weighted by Gasteiger charge is -2.27. The fourth-order valence-corrected chi connectivity index (χ4v) is 3.41. The number of hydrogen-bond donors (Lipinski definition) is 1. The number of carbonyl (C=O) groups excluding carboxylic acids is 2. The van der Waals surface area contributed by atoms with Gasteiger partial charge in [-0.05, 0) is 49.1 Å². The number of benzene rings is 1. The van der Waals surface area contributed by atoms with Gasteiger partial charge in [0.2, 0.25) is 5.91 Å². The molecule has 4 nitrogen and oxygen atoms in total. The molecule has 0 unspecified atom stereocenters. The van der Waals surface area contributed by atoms with Crippen LogP contribution in [0.5, 0.6) is 0 Å². The molecule has 0 radical (unpaired) electrons. The Balaban J connectivity index is 1.70. The van der Waals surface area contributed by atoms with Crippen LogP contribution in [0.2, 0.25) is 0 Å². The van der Waals surface area contributed by atoms with Gasteiger partial charge >= 0.3 is 5.97 Å². The predicted octanol–water partition coefficient (Wildman–Crippen LogP) is 2.56. The number of hydrogen-bond acceptors (Lipinski definition) is 3. The van der Waals surface area contributed by atoms with E-state index in [9.17, 15) is 9.59 Å². The minimum absolute atomic E-state index is 0.0629. The number of rotatable bonds is 5. The Bertz CT molecular complexity index is 565. The molecule has 1 saturated carbocycles. The van der Waals surface area contributed by atoms with Crippen LogP contribution in [0.1, 0.15) is 49.1 Å². The molecule has 1 aromatic carbocycles. The van der Waals surface area contributed by atoms with E-state index in [2.05, 4.69) is 17.4 Å². The predicted molar refractivity (Wildman–Crippen MR) is 83.4 cm³/mol. The fourth-order valence-electron chi connectivity index (χ4n) is 3.41. The van der Waals surface area contributed by atoms with Crippen molar-refractivity contribution in [3.05, 3.63) is 35.4 Å². The summed E-state index contributed by atoms with van der Waals surface area (Å²) >= 11 is 0. The Labute approximate surface area is 131 Å². The molecule has 118 valence electrons. The summed E-state index contributed by atoms with van der Waals surface area (Å²) in [5.74, 6) is 0.167. The Hall–Kier alpha value is -1.84. The molecular weight excluding hydrogens is 278 g/mol. The summed E-state index contributed by atoms with van der Waals surface area (Å²) in [6, 6.07) is 8.13. The van der Waals surface area contributed by atoms with E-state index in [1.807, 2.05) is 12.1 Å². The van der Waals surface area contributed by atoms with Gasteiger partial charge in [0.25, 0.3) is 0 Å². The van der Waals surface area contributed by atoms with Gasteiger partial charge in [-0.25, -0.2) is 0 Å². The average molecular weight is 301 g/mol. The van der Waals surface area contributed by atoms with E-state index in [4.69, 9.17) is 4.74 Å². The van der Waals surface area contributed by atoms with Crippen molar-refractivity contribution in [3.63, 3.8) is 0 Å². The molecule has 0 aliphatic heterocycles. The van der Waals surface area contributed by atoms with Crippen LogP contribution >= 0.6 is 0 Å². The molecule has 0 bridgehead atoms. The molecule has 1 aromatic rings. The van der Waals surface area contributed by atoms with Gasteiger partial charge in [-0.1, -0.05) is 24.3 Å². The van der Waals surface area contributed by atoms with Crippen molar-refractivity contribution < 1.29 is 14.3 Å². The maximum Gasteiger partial charge on any atom is 0.307 e. The van der Waals surface area contributed by atoms with E-state index in [0.717, 1.165) is 37.7 Å². The Morgan fingerprint density at radius 1 is 1.27 bits per heavy atom. The van der Waals surface area contributed by atoms with Gasteiger partial charge in [-0.2, -0.15) is 0 Å². The maximum absolute atomic E-state index is 12.7. The first-order valence-corrected chi connectivity index (χ1v) is 8.14. The van der Waals surface area contributed by atoms with Gasteiger partial charge in [0.15, 0.2) is 0 Å². The lowest BCUT2D eigenvalue weighted by atomic mass is 9.82. The number of fused-ring (bicyclic) bond motifs is 1. The summed E-state index contributed by atoms with van der Waals surface area (Å²) in [5, 5.41) is 3.12. The molecule has 1 amide bonds. The molecule has 3 rings (SSSR count). The first kappa shape index (κ1) is 15.1. The number of amides is 1. The monoisotopic (exact) mass is 301 g/mol. The second-order valence-corrected chi connectivity index (χ2v) is 6.38. The van der Waals surface area contributed by atoms with Crippen molar-refractivity contribution in [2.24, 2.45) is 5.92 Å². The first-order valence-electron chi connectivity index (χ1n) is 8.14. The van der Waals surface area contributed by atoms with E-state index in [-0.39, 0.29) is 30.3 Å². The average Bonchev–Trinajstić information content (AvgIpc) is 3.38. The van der Waals surface area contributed by atoms with Crippen molar-refractivity contribution in [1.29, 1.82) is 0 Å². The van der Waals surface area contributed by atoms with E-state index >= 15 is 0 Å². The number of ether oxygens (including phenoxy) is 1. The summed E-state index contributed by atoms with van der Waals surface area (Å²) in [4.78, 5) is 24.2. The summed E-state index contributed by atoms with van der Waals surface area (Å²) in [5.41, 5.74) is 2.43. The van der Waals surface area contributed by atoms with Crippen LogP contribution in [-0.4, -0.2) is 25.0 Å². The van der Waals surface area contributed by atoms with E-state index in [0.29, 0.717) is 5.92 Å². The minimum Gasteiger partial charge on any atom is -0.469 e. The van der Waals surface area contributed by atoms with Gasteiger partial charge in [0.1, 0.15) is 0 Å². The van der Waals surface area contributed by atoms with Crippen molar-refractivity contribution >= 4 is 11.9 Å². The zero-order chi connectivity index (χ0) is 15.5. The topological polar surface area (TPSA) is 55.4 Å². The van der Waals surface area contributed by atoms with Gasteiger partial charge in [0, 0.05) is 6.04 Å². The van der Waals surface area contributed by atoms with E-state index in [1.165, 1.54) is 12.7 Å². The van der Waals surface area contributed by atoms with Crippen molar-refractivity contribution in [1.82, 2.24) is 5.32 Å². The van der Waals surface area contributed by atoms with Crippen molar-refractivity contribution in [2.75, 3.05) is 7.11 Å². The highest BCUT2D eigenvalue weighted by atomic mass is 16.5. The number of nitrogens with one attached hydrogen (secondary N) is 1. The molecule has 0 aromatic heterocycles. The Kier molecular flexibility index (Phi) is 4.46. The third-order valence-corrected chi connectivity index (χ3v) is 4.82. The SMILES string of the molecule is COC(=O)C[C@H](NC(=O)[C@H]1CCCc2ccccc21)C1CC1. The summed E-state index contributed by atoms with van der Waals surface area (Å²) in [6.45, 7) is 0. The third-order valence-electron chi connectivity index (χ3n) is 4.82.